The smallest absolute Gasteiger partial charge is 0.374 e. The van der Waals surface area contributed by atoms with Crippen molar-refractivity contribution in [3.05, 3.63) is 81.2 Å². The molecule has 0 fully saturated rings. The van der Waals surface area contributed by atoms with E-state index in [9.17, 15) is 14.4 Å². The number of rotatable bonds is 6. The maximum Gasteiger partial charge on any atom is 0.374 e. The summed E-state index contributed by atoms with van der Waals surface area (Å²) in [5, 5.41) is 3.10. The molecule has 2 aromatic carbocycles. The molecule has 0 radical (unpaired) electrons. The molecule has 1 N–H and O–H groups in total. The van der Waals surface area contributed by atoms with Crippen LogP contribution >= 0.6 is 0 Å². The summed E-state index contributed by atoms with van der Waals surface area (Å²) in [4.78, 5) is 36.2. The Labute approximate surface area is 162 Å². The van der Waals surface area contributed by atoms with Crippen molar-refractivity contribution >= 4 is 22.8 Å². The lowest BCUT2D eigenvalue weighted by atomic mass is 10.1. The maximum absolute atomic E-state index is 12.2. The van der Waals surface area contributed by atoms with Crippen LogP contribution in [0.25, 0.3) is 11.0 Å². The van der Waals surface area contributed by atoms with Crippen LogP contribution in [0.2, 0.25) is 0 Å². The molecule has 1 heterocycles. The predicted octanol–water partition coefficient (Wildman–Crippen LogP) is 2.93. The normalized spacial score (nSPS) is 10.6. The van der Waals surface area contributed by atoms with Crippen molar-refractivity contribution in [1.82, 2.24) is 5.32 Å². The van der Waals surface area contributed by atoms with Crippen LogP contribution in [0, 0.1) is 13.8 Å². The van der Waals surface area contributed by atoms with Crippen LogP contribution in [0.1, 0.15) is 27.2 Å². The molecule has 3 rings (SSSR count). The number of carbonyl (C=O) groups is 2. The Kier molecular flexibility index (Phi) is 5.89. The van der Waals surface area contributed by atoms with E-state index in [0.717, 1.165) is 22.8 Å². The lowest BCUT2D eigenvalue weighted by Crippen LogP contribution is -2.30. The Bertz CT molecular complexity index is 1080. The van der Waals surface area contributed by atoms with E-state index in [-0.39, 0.29) is 11.2 Å². The molecule has 0 saturated heterocycles. The van der Waals surface area contributed by atoms with E-state index in [1.165, 1.54) is 0 Å². The predicted molar refractivity (Wildman–Crippen MR) is 105 cm³/mol. The molecule has 0 aliphatic rings. The zero-order valence-electron chi connectivity index (χ0n) is 15.8. The van der Waals surface area contributed by atoms with Gasteiger partial charge in [-0.05, 0) is 43.5 Å². The summed E-state index contributed by atoms with van der Waals surface area (Å²) < 4.78 is 10.4. The van der Waals surface area contributed by atoms with Gasteiger partial charge in [0.15, 0.2) is 12.0 Å². The van der Waals surface area contributed by atoms with Crippen molar-refractivity contribution in [2.24, 2.45) is 0 Å². The second-order valence-electron chi connectivity index (χ2n) is 6.58. The number of hydrogen-bond donors (Lipinski definition) is 1. The highest BCUT2D eigenvalue weighted by Crippen LogP contribution is 2.14. The minimum absolute atomic E-state index is 0.228. The first-order chi connectivity index (χ1) is 13.4. The van der Waals surface area contributed by atoms with Crippen molar-refractivity contribution in [2.75, 3.05) is 13.2 Å². The highest BCUT2D eigenvalue weighted by Gasteiger charge is 2.15. The Morgan fingerprint density at radius 1 is 1.07 bits per heavy atom. The molecule has 0 bridgehead atoms. The third-order valence-electron chi connectivity index (χ3n) is 4.40. The van der Waals surface area contributed by atoms with Gasteiger partial charge in [0.05, 0.1) is 5.39 Å². The van der Waals surface area contributed by atoms with Gasteiger partial charge in [-0.15, -0.1) is 0 Å². The molecule has 144 valence electrons. The first-order valence-corrected chi connectivity index (χ1v) is 8.97. The van der Waals surface area contributed by atoms with Crippen LogP contribution in [0.4, 0.5) is 0 Å². The first kappa shape index (κ1) is 19.4. The number of benzene rings is 2. The fourth-order valence-electron chi connectivity index (χ4n) is 2.85. The highest BCUT2D eigenvalue weighted by molar-refractivity contribution is 5.90. The van der Waals surface area contributed by atoms with Gasteiger partial charge in [-0.25, -0.2) is 4.79 Å². The van der Waals surface area contributed by atoms with Gasteiger partial charge in [0.1, 0.15) is 5.58 Å². The monoisotopic (exact) mass is 379 g/mol. The number of aryl methyl sites for hydroxylation is 2. The number of hydrogen-bond acceptors (Lipinski definition) is 5. The van der Waals surface area contributed by atoms with Crippen molar-refractivity contribution in [1.29, 1.82) is 0 Å². The number of esters is 1. The average molecular weight is 379 g/mol. The first-order valence-electron chi connectivity index (χ1n) is 8.97. The summed E-state index contributed by atoms with van der Waals surface area (Å²) in [5.74, 6) is -1.50. The number of fused-ring (bicyclic) bond motifs is 1. The Morgan fingerprint density at radius 2 is 1.86 bits per heavy atom. The molecule has 0 aliphatic carbocycles. The van der Waals surface area contributed by atoms with Gasteiger partial charge >= 0.3 is 5.97 Å². The van der Waals surface area contributed by atoms with E-state index >= 15 is 0 Å². The molecule has 28 heavy (non-hydrogen) atoms. The quantitative estimate of drug-likeness (QED) is 0.666. The fourth-order valence-corrected chi connectivity index (χ4v) is 2.85. The summed E-state index contributed by atoms with van der Waals surface area (Å²) in [5.41, 5.74) is 3.18. The minimum atomic E-state index is -0.853. The van der Waals surface area contributed by atoms with Crippen LogP contribution < -0.4 is 10.7 Å². The summed E-state index contributed by atoms with van der Waals surface area (Å²) in [7, 11) is 0. The molecule has 0 atom stereocenters. The van der Waals surface area contributed by atoms with E-state index in [4.69, 9.17) is 9.15 Å². The highest BCUT2D eigenvalue weighted by atomic mass is 16.5. The molecule has 1 aromatic heterocycles. The van der Waals surface area contributed by atoms with E-state index in [1.54, 1.807) is 18.2 Å². The van der Waals surface area contributed by atoms with Crippen LogP contribution in [0.3, 0.4) is 0 Å². The van der Waals surface area contributed by atoms with E-state index < -0.39 is 18.5 Å². The molecule has 0 spiro atoms. The van der Waals surface area contributed by atoms with Gasteiger partial charge in [-0.2, -0.15) is 0 Å². The summed E-state index contributed by atoms with van der Waals surface area (Å²) in [6, 6.07) is 14.1. The van der Waals surface area contributed by atoms with Gasteiger partial charge in [-0.3, -0.25) is 9.59 Å². The van der Waals surface area contributed by atoms with Crippen molar-refractivity contribution in [2.45, 2.75) is 20.3 Å². The van der Waals surface area contributed by atoms with E-state index in [0.29, 0.717) is 23.9 Å². The molecule has 0 saturated carbocycles. The largest absolute Gasteiger partial charge is 0.450 e. The van der Waals surface area contributed by atoms with Crippen LogP contribution in [-0.2, 0) is 16.0 Å². The molecular weight excluding hydrogens is 358 g/mol. The third-order valence-corrected chi connectivity index (χ3v) is 4.40. The molecule has 6 nitrogen and oxygen atoms in total. The van der Waals surface area contributed by atoms with Gasteiger partial charge in [0.25, 0.3) is 5.91 Å². The Hall–Kier alpha value is -3.41. The van der Waals surface area contributed by atoms with E-state index in [2.05, 4.69) is 5.32 Å². The lowest BCUT2D eigenvalue weighted by Gasteiger charge is -2.08. The SMILES string of the molecule is Cc1ccc2oc(C(=O)OCC(=O)NCCc3ccccc3C)cc(=O)c2c1. The summed E-state index contributed by atoms with van der Waals surface area (Å²) in [6.07, 6.45) is 0.686. The molecule has 1 amide bonds. The van der Waals surface area contributed by atoms with Gasteiger partial charge in [-0.1, -0.05) is 35.9 Å². The Morgan fingerprint density at radius 3 is 2.64 bits per heavy atom. The molecule has 0 aliphatic heterocycles. The van der Waals surface area contributed by atoms with Gasteiger partial charge in [0.2, 0.25) is 5.76 Å². The second kappa shape index (κ2) is 8.52. The average Bonchev–Trinajstić information content (AvgIpc) is 2.68. The molecular formula is C22H21NO5. The van der Waals surface area contributed by atoms with Crippen LogP contribution in [-0.4, -0.2) is 25.0 Å². The fraction of sp³-hybridized carbons (Fsp3) is 0.227. The second-order valence-corrected chi connectivity index (χ2v) is 6.58. The topological polar surface area (TPSA) is 85.6 Å². The number of amides is 1. The maximum atomic E-state index is 12.2. The molecule has 3 aromatic rings. The summed E-state index contributed by atoms with van der Waals surface area (Å²) in [6.45, 7) is 3.87. The summed E-state index contributed by atoms with van der Waals surface area (Å²) >= 11 is 0. The zero-order valence-corrected chi connectivity index (χ0v) is 15.8. The third kappa shape index (κ3) is 4.65. The number of ether oxygens (including phenoxy) is 1. The van der Waals surface area contributed by atoms with Gasteiger partial charge < -0.3 is 14.5 Å². The van der Waals surface area contributed by atoms with Crippen molar-refractivity contribution in [3.8, 4) is 0 Å². The van der Waals surface area contributed by atoms with Crippen molar-refractivity contribution in [3.63, 3.8) is 0 Å². The molecule has 6 heteroatoms. The molecule has 0 unspecified atom stereocenters. The van der Waals surface area contributed by atoms with E-state index in [1.807, 2.05) is 38.1 Å². The number of nitrogens with one attached hydrogen (secondary N) is 1. The van der Waals surface area contributed by atoms with Gasteiger partial charge in [0, 0.05) is 12.6 Å². The Balaban J connectivity index is 1.54. The van der Waals surface area contributed by atoms with Crippen LogP contribution in [0.15, 0.2) is 57.7 Å². The number of carbonyl (C=O) groups excluding carboxylic acids is 2. The standard InChI is InChI=1S/C22H21NO5/c1-14-7-8-19-17(11-14)18(24)12-20(28-19)22(26)27-13-21(25)23-10-9-16-6-4-3-5-15(16)2/h3-8,11-12H,9-10,13H2,1-2H3,(H,23,25). The minimum Gasteiger partial charge on any atom is -0.450 e. The zero-order chi connectivity index (χ0) is 20.1. The van der Waals surface area contributed by atoms with Crippen molar-refractivity contribution < 1.29 is 18.7 Å². The van der Waals surface area contributed by atoms with Crippen LogP contribution in [0.5, 0.6) is 0 Å². The lowest BCUT2D eigenvalue weighted by molar-refractivity contribution is -0.124.